The maximum Gasteiger partial charge on any atom is 0.350 e. The van der Waals surface area contributed by atoms with Gasteiger partial charge in [0.2, 0.25) is 5.91 Å². The van der Waals surface area contributed by atoms with Gasteiger partial charge in [0.15, 0.2) is 0 Å². The predicted molar refractivity (Wildman–Crippen MR) is 87.3 cm³/mol. The van der Waals surface area contributed by atoms with Crippen LogP contribution in [0.1, 0.15) is 16.1 Å². The number of carboxylic acids is 1. The molecular formula is C15H20N2O6S. The number of hydrogen-bond acceptors (Lipinski definition) is 7. The topological polar surface area (TPSA) is 105 Å². The Balaban J connectivity index is 1.94. The predicted octanol–water partition coefficient (Wildman–Crippen LogP) is 0.896. The Morgan fingerprint density at radius 2 is 2.12 bits per heavy atom. The Kier molecular flexibility index (Phi) is 6.71. The Labute approximate surface area is 143 Å². The van der Waals surface area contributed by atoms with Gasteiger partial charge in [-0.15, -0.1) is 11.3 Å². The van der Waals surface area contributed by atoms with Crippen molar-refractivity contribution in [1.29, 1.82) is 0 Å². The van der Waals surface area contributed by atoms with E-state index >= 15 is 0 Å². The number of thiophene rings is 1. The number of rotatable bonds is 7. The molecule has 132 valence electrons. The van der Waals surface area contributed by atoms with Gasteiger partial charge in [0.25, 0.3) is 0 Å². The molecule has 0 radical (unpaired) electrons. The summed E-state index contributed by atoms with van der Waals surface area (Å²) in [6, 6.07) is 1.59. The first-order chi connectivity index (χ1) is 11.5. The molecule has 1 aliphatic heterocycles. The first kappa shape index (κ1) is 18.4. The number of amides is 1. The lowest BCUT2D eigenvalue weighted by Gasteiger charge is -2.28. The molecule has 1 saturated heterocycles. The summed E-state index contributed by atoms with van der Waals surface area (Å²) in [7, 11) is 1.26. The van der Waals surface area contributed by atoms with Crippen molar-refractivity contribution in [2.45, 2.75) is 6.42 Å². The minimum absolute atomic E-state index is 0.164. The zero-order valence-corrected chi connectivity index (χ0v) is 14.1. The zero-order chi connectivity index (χ0) is 17.5. The monoisotopic (exact) mass is 356 g/mol. The van der Waals surface area contributed by atoms with Crippen molar-refractivity contribution in [1.82, 2.24) is 4.90 Å². The highest BCUT2D eigenvalue weighted by Crippen LogP contribution is 2.23. The van der Waals surface area contributed by atoms with Crippen LogP contribution in [0.3, 0.4) is 0 Å². The third kappa shape index (κ3) is 5.02. The van der Waals surface area contributed by atoms with Gasteiger partial charge in [-0.2, -0.15) is 0 Å². The van der Waals surface area contributed by atoms with Crippen LogP contribution in [0.25, 0.3) is 0 Å². The molecule has 0 spiro atoms. The molecule has 1 amide bonds. The molecular weight excluding hydrogens is 336 g/mol. The molecule has 0 saturated carbocycles. The van der Waals surface area contributed by atoms with E-state index in [4.69, 9.17) is 4.74 Å². The van der Waals surface area contributed by atoms with E-state index in [-0.39, 0.29) is 11.3 Å². The van der Waals surface area contributed by atoms with E-state index in [1.54, 1.807) is 11.4 Å². The van der Waals surface area contributed by atoms with Crippen molar-refractivity contribution in [2.75, 3.05) is 45.3 Å². The average molecular weight is 356 g/mol. The van der Waals surface area contributed by atoms with Gasteiger partial charge in [-0.25, -0.2) is 4.79 Å². The van der Waals surface area contributed by atoms with Crippen LogP contribution in [0.15, 0.2) is 11.4 Å². The molecule has 0 aromatic carbocycles. The second kappa shape index (κ2) is 8.76. The van der Waals surface area contributed by atoms with Crippen molar-refractivity contribution < 1.29 is 29.0 Å². The van der Waals surface area contributed by atoms with Crippen LogP contribution in [0.2, 0.25) is 0 Å². The second-order valence-corrected chi connectivity index (χ2v) is 6.27. The van der Waals surface area contributed by atoms with E-state index in [2.05, 4.69) is 10.1 Å². The Morgan fingerprint density at radius 1 is 1.42 bits per heavy atom. The van der Waals surface area contributed by atoms with E-state index in [1.165, 1.54) is 7.11 Å². The lowest BCUT2D eigenvalue weighted by Crippen LogP contribution is -2.41. The molecule has 2 heterocycles. The van der Waals surface area contributed by atoms with Gasteiger partial charge in [-0.3, -0.25) is 14.5 Å². The molecule has 1 aromatic rings. The number of carbonyl (C=O) groups excluding carboxylic acids is 2. The van der Waals surface area contributed by atoms with E-state index in [1.807, 2.05) is 4.90 Å². The quantitative estimate of drug-likeness (QED) is 0.699. The SMILES string of the molecule is COC(=O)c1sccc1NC(=O)CC(CN1CCOCC1)C(=O)O. The summed E-state index contributed by atoms with van der Waals surface area (Å²) < 4.78 is 9.87. The van der Waals surface area contributed by atoms with Gasteiger partial charge in [0.1, 0.15) is 4.88 Å². The summed E-state index contributed by atoms with van der Waals surface area (Å²) in [4.78, 5) is 37.4. The largest absolute Gasteiger partial charge is 0.481 e. The van der Waals surface area contributed by atoms with Crippen LogP contribution >= 0.6 is 11.3 Å². The molecule has 1 aromatic heterocycles. The van der Waals surface area contributed by atoms with E-state index in [0.29, 0.717) is 38.5 Å². The van der Waals surface area contributed by atoms with Gasteiger partial charge in [0.05, 0.1) is 31.9 Å². The van der Waals surface area contributed by atoms with Gasteiger partial charge in [-0.1, -0.05) is 0 Å². The molecule has 1 aliphatic rings. The van der Waals surface area contributed by atoms with Crippen molar-refractivity contribution >= 4 is 34.9 Å². The van der Waals surface area contributed by atoms with Crippen LogP contribution in [0, 0.1) is 5.92 Å². The molecule has 1 atom stereocenters. The Hall–Kier alpha value is -1.97. The highest BCUT2D eigenvalue weighted by molar-refractivity contribution is 7.12. The van der Waals surface area contributed by atoms with Crippen LogP contribution in [0.5, 0.6) is 0 Å². The second-order valence-electron chi connectivity index (χ2n) is 5.36. The van der Waals surface area contributed by atoms with E-state index in [9.17, 15) is 19.5 Å². The maximum atomic E-state index is 12.2. The number of methoxy groups -OCH3 is 1. The van der Waals surface area contributed by atoms with Crippen molar-refractivity contribution in [2.24, 2.45) is 5.92 Å². The van der Waals surface area contributed by atoms with Crippen molar-refractivity contribution in [3.05, 3.63) is 16.3 Å². The van der Waals surface area contributed by atoms with Crippen molar-refractivity contribution in [3.8, 4) is 0 Å². The fourth-order valence-corrected chi connectivity index (χ4v) is 3.17. The molecule has 9 heteroatoms. The fraction of sp³-hybridized carbons (Fsp3) is 0.533. The molecule has 2 rings (SSSR count). The summed E-state index contributed by atoms with van der Waals surface area (Å²) in [5, 5.41) is 13.6. The number of morpholine rings is 1. The number of ether oxygens (including phenoxy) is 2. The Morgan fingerprint density at radius 3 is 2.75 bits per heavy atom. The number of aliphatic carboxylic acids is 1. The van der Waals surface area contributed by atoms with Gasteiger partial charge in [-0.05, 0) is 11.4 Å². The first-order valence-electron chi connectivity index (χ1n) is 7.49. The van der Waals surface area contributed by atoms with Crippen LogP contribution < -0.4 is 5.32 Å². The van der Waals surface area contributed by atoms with Gasteiger partial charge >= 0.3 is 11.9 Å². The lowest BCUT2D eigenvalue weighted by molar-refractivity contribution is -0.144. The molecule has 24 heavy (non-hydrogen) atoms. The molecule has 2 N–H and O–H groups in total. The van der Waals surface area contributed by atoms with Gasteiger partial charge < -0.3 is 19.9 Å². The number of carboxylic acid groups (broad SMARTS) is 1. The van der Waals surface area contributed by atoms with Gasteiger partial charge in [0, 0.05) is 26.1 Å². The number of nitrogens with zero attached hydrogens (tertiary/aromatic N) is 1. The average Bonchev–Trinajstić information content (AvgIpc) is 3.02. The van der Waals surface area contributed by atoms with Crippen LogP contribution in [-0.4, -0.2) is 67.8 Å². The summed E-state index contributed by atoms with van der Waals surface area (Å²) in [5.41, 5.74) is 0.340. The van der Waals surface area contributed by atoms with Crippen molar-refractivity contribution in [3.63, 3.8) is 0 Å². The molecule has 1 fully saturated rings. The number of anilines is 1. The first-order valence-corrected chi connectivity index (χ1v) is 8.37. The smallest absolute Gasteiger partial charge is 0.350 e. The molecule has 0 bridgehead atoms. The Bertz CT molecular complexity index is 597. The van der Waals surface area contributed by atoms with Crippen LogP contribution in [-0.2, 0) is 19.1 Å². The molecule has 0 aliphatic carbocycles. The normalized spacial score (nSPS) is 16.4. The highest BCUT2D eigenvalue weighted by Gasteiger charge is 2.26. The number of esters is 1. The third-order valence-electron chi connectivity index (χ3n) is 3.67. The zero-order valence-electron chi connectivity index (χ0n) is 13.3. The summed E-state index contributed by atoms with van der Waals surface area (Å²) >= 11 is 1.15. The minimum atomic E-state index is -1.02. The maximum absolute atomic E-state index is 12.2. The van der Waals surface area contributed by atoms with E-state index < -0.39 is 23.8 Å². The standard InChI is InChI=1S/C15H20N2O6S/c1-22-15(21)13-11(2-7-24-13)16-12(18)8-10(14(19)20)9-17-3-5-23-6-4-17/h2,7,10H,3-6,8-9H2,1H3,(H,16,18)(H,19,20). The highest BCUT2D eigenvalue weighted by atomic mass is 32.1. The molecule has 1 unspecified atom stereocenters. The minimum Gasteiger partial charge on any atom is -0.481 e. The summed E-state index contributed by atoms with van der Waals surface area (Å²) in [5.74, 6) is -2.82. The third-order valence-corrected chi connectivity index (χ3v) is 4.57. The molecule has 8 nitrogen and oxygen atoms in total. The number of hydrogen-bond donors (Lipinski definition) is 2. The lowest BCUT2D eigenvalue weighted by atomic mass is 10.0. The number of carbonyl (C=O) groups is 3. The van der Waals surface area contributed by atoms with Crippen LogP contribution in [0.4, 0.5) is 5.69 Å². The van der Waals surface area contributed by atoms with E-state index in [0.717, 1.165) is 11.3 Å². The summed E-state index contributed by atoms with van der Waals surface area (Å²) in [6.07, 6.45) is -0.164. The number of nitrogens with one attached hydrogen (secondary N) is 1. The summed E-state index contributed by atoms with van der Waals surface area (Å²) in [6.45, 7) is 2.73. The fourth-order valence-electron chi connectivity index (χ4n) is 2.41.